The number of ether oxygens (including phenoxy) is 2. The SMILES string of the molecule is CC(C)(C)OC(=O)COC1CCN(C(=O)C(Cc2ccc(O)cc2)NC(=O)C(=N)c2ccccc2)CC1. The fourth-order valence-electron chi connectivity index (χ4n) is 4.05. The van der Waals surface area contributed by atoms with Crippen molar-refractivity contribution in [2.24, 2.45) is 0 Å². The largest absolute Gasteiger partial charge is 0.508 e. The number of esters is 1. The smallest absolute Gasteiger partial charge is 0.332 e. The summed E-state index contributed by atoms with van der Waals surface area (Å²) in [6, 6.07) is 14.2. The van der Waals surface area contributed by atoms with Crippen LogP contribution in [0.5, 0.6) is 5.75 Å². The first kappa shape index (κ1) is 27.9. The number of carbonyl (C=O) groups excluding carboxylic acids is 3. The van der Waals surface area contributed by atoms with E-state index in [0.717, 1.165) is 5.56 Å². The van der Waals surface area contributed by atoms with Crippen LogP contribution in [0.4, 0.5) is 0 Å². The molecule has 2 aromatic rings. The summed E-state index contributed by atoms with van der Waals surface area (Å²) in [4.78, 5) is 39.9. The number of nitrogens with zero attached hydrogens (tertiary/aromatic N) is 1. The predicted molar refractivity (Wildman–Crippen MR) is 138 cm³/mol. The lowest BCUT2D eigenvalue weighted by Gasteiger charge is -2.34. The maximum absolute atomic E-state index is 13.5. The molecule has 2 aromatic carbocycles. The molecule has 9 heteroatoms. The van der Waals surface area contributed by atoms with Crippen molar-refractivity contribution in [1.82, 2.24) is 10.2 Å². The lowest BCUT2D eigenvalue weighted by molar-refractivity contribution is -0.163. The van der Waals surface area contributed by atoms with Crippen LogP contribution in [0.2, 0.25) is 0 Å². The molecule has 0 radical (unpaired) electrons. The summed E-state index contributed by atoms with van der Waals surface area (Å²) in [6.45, 7) is 6.07. The Labute approximate surface area is 217 Å². The van der Waals surface area contributed by atoms with Crippen LogP contribution in [-0.2, 0) is 30.3 Å². The van der Waals surface area contributed by atoms with Gasteiger partial charge in [0.1, 0.15) is 29.7 Å². The highest BCUT2D eigenvalue weighted by atomic mass is 16.6. The van der Waals surface area contributed by atoms with E-state index < -0.39 is 23.5 Å². The van der Waals surface area contributed by atoms with E-state index in [-0.39, 0.29) is 36.5 Å². The van der Waals surface area contributed by atoms with E-state index in [4.69, 9.17) is 14.9 Å². The van der Waals surface area contributed by atoms with Gasteiger partial charge in [-0.1, -0.05) is 42.5 Å². The predicted octanol–water partition coefficient (Wildman–Crippen LogP) is 2.84. The molecule has 0 bridgehead atoms. The molecule has 1 heterocycles. The number of hydrogen-bond acceptors (Lipinski definition) is 7. The molecule has 0 aliphatic carbocycles. The fourth-order valence-corrected chi connectivity index (χ4v) is 4.05. The number of amides is 2. The monoisotopic (exact) mass is 509 g/mol. The van der Waals surface area contributed by atoms with Crippen LogP contribution in [0, 0.1) is 5.41 Å². The van der Waals surface area contributed by atoms with E-state index in [0.29, 0.717) is 31.5 Å². The molecule has 9 nitrogen and oxygen atoms in total. The highest BCUT2D eigenvalue weighted by Crippen LogP contribution is 2.18. The molecule has 37 heavy (non-hydrogen) atoms. The second kappa shape index (κ2) is 12.5. The Morgan fingerprint density at radius 2 is 1.68 bits per heavy atom. The van der Waals surface area contributed by atoms with Gasteiger partial charge in [0.15, 0.2) is 0 Å². The molecule has 0 saturated carbocycles. The third-order valence-corrected chi connectivity index (χ3v) is 5.88. The Morgan fingerprint density at radius 3 is 2.27 bits per heavy atom. The van der Waals surface area contributed by atoms with Crippen LogP contribution in [0.15, 0.2) is 54.6 Å². The van der Waals surface area contributed by atoms with Gasteiger partial charge in [-0.25, -0.2) is 4.79 Å². The molecular formula is C28H35N3O6. The minimum absolute atomic E-state index is 0.106. The number of benzene rings is 2. The number of carbonyl (C=O) groups is 3. The van der Waals surface area contributed by atoms with Crippen LogP contribution < -0.4 is 5.32 Å². The van der Waals surface area contributed by atoms with Gasteiger partial charge < -0.3 is 24.8 Å². The zero-order valence-corrected chi connectivity index (χ0v) is 21.5. The van der Waals surface area contributed by atoms with Gasteiger partial charge in [0.25, 0.3) is 5.91 Å². The Hall–Kier alpha value is -3.72. The van der Waals surface area contributed by atoms with Crippen molar-refractivity contribution < 1.29 is 29.0 Å². The molecule has 1 aliphatic rings. The van der Waals surface area contributed by atoms with E-state index in [1.807, 2.05) is 0 Å². The molecule has 198 valence electrons. The van der Waals surface area contributed by atoms with Crippen molar-refractivity contribution in [3.05, 3.63) is 65.7 Å². The molecule has 1 unspecified atom stereocenters. The average molecular weight is 510 g/mol. The first-order valence-corrected chi connectivity index (χ1v) is 12.4. The zero-order chi connectivity index (χ0) is 27.0. The first-order valence-electron chi connectivity index (χ1n) is 12.4. The second-order valence-corrected chi connectivity index (χ2v) is 10.1. The van der Waals surface area contributed by atoms with Crippen molar-refractivity contribution in [3.8, 4) is 5.75 Å². The van der Waals surface area contributed by atoms with Gasteiger partial charge in [-0.05, 0) is 51.3 Å². The number of piperidine rings is 1. The van der Waals surface area contributed by atoms with Gasteiger partial charge in [-0.3, -0.25) is 15.0 Å². The topological polar surface area (TPSA) is 129 Å². The fraction of sp³-hybridized carbons (Fsp3) is 0.429. The Balaban J connectivity index is 1.62. The molecule has 1 saturated heterocycles. The number of hydrogen-bond donors (Lipinski definition) is 3. The molecule has 1 fully saturated rings. The van der Waals surface area contributed by atoms with Gasteiger partial charge in [0.2, 0.25) is 5.91 Å². The molecule has 1 aliphatic heterocycles. The minimum atomic E-state index is -0.889. The lowest BCUT2D eigenvalue weighted by atomic mass is 10.0. The van der Waals surface area contributed by atoms with Gasteiger partial charge in [-0.2, -0.15) is 0 Å². The van der Waals surface area contributed by atoms with E-state index in [2.05, 4.69) is 5.32 Å². The number of aromatic hydroxyl groups is 1. The highest BCUT2D eigenvalue weighted by Gasteiger charge is 2.31. The van der Waals surface area contributed by atoms with Gasteiger partial charge in [0, 0.05) is 25.1 Å². The van der Waals surface area contributed by atoms with Gasteiger partial charge >= 0.3 is 5.97 Å². The number of phenolic OH excluding ortho intramolecular Hbond substituents is 1. The quantitative estimate of drug-likeness (QED) is 0.352. The van der Waals surface area contributed by atoms with Crippen LogP contribution in [0.25, 0.3) is 0 Å². The normalized spacial score (nSPS) is 15.1. The molecule has 0 spiro atoms. The molecule has 0 aromatic heterocycles. The maximum Gasteiger partial charge on any atom is 0.332 e. The lowest BCUT2D eigenvalue weighted by Crippen LogP contribution is -2.53. The van der Waals surface area contributed by atoms with E-state index in [1.165, 1.54) is 12.1 Å². The summed E-state index contributed by atoms with van der Waals surface area (Å²) in [5, 5.41) is 20.6. The average Bonchev–Trinajstić information content (AvgIpc) is 2.87. The summed E-state index contributed by atoms with van der Waals surface area (Å²) in [5.41, 5.74) is 0.416. The van der Waals surface area contributed by atoms with Crippen molar-refractivity contribution in [3.63, 3.8) is 0 Å². The van der Waals surface area contributed by atoms with E-state index >= 15 is 0 Å². The molecule has 2 amide bonds. The first-order chi connectivity index (χ1) is 17.5. The summed E-state index contributed by atoms with van der Waals surface area (Å²) < 4.78 is 11.0. The second-order valence-electron chi connectivity index (χ2n) is 10.1. The molecule has 3 N–H and O–H groups in total. The molecule has 1 atom stereocenters. The minimum Gasteiger partial charge on any atom is -0.508 e. The van der Waals surface area contributed by atoms with Gasteiger partial charge in [-0.15, -0.1) is 0 Å². The standard InChI is InChI=1S/C28H35N3O6/c1-28(2,3)37-24(33)18-36-22-13-15-31(16-14-22)27(35)23(17-19-9-11-21(32)12-10-19)30-26(34)25(29)20-7-5-4-6-8-20/h4-12,22-23,29,32H,13-18H2,1-3H3,(H,30,34). The number of likely N-dealkylation sites (tertiary alicyclic amines) is 1. The summed E-state index contributed by atoms with van der Waals surface area (Å²) in [7, 11) is 0. The molecular weight excluding hydrogens is 474 g/mol. The zero-order valence-electron chi connectivity index (χ0n) is 21.5. The number of rotatable bonds is 9. The van der Waals surface area contributed by atoms with Crippen molar-refractivity contribution in [1.29, 1.82) is 5.41 Å². The Morgan fingerprint density at radius 1 is 1.05 bits per heavy atom. The third-order valence-electron chi connectivity index (χ3n) is 5.88. The maximum atomic E-state index is 13.5. The summed E-state index contributed by atoms with van der Waals surface area (Å²) in [5.74, 6) is -1.22. The van der Waals surface area contributed by atoms with Crippen LogP contribution in [0.3, 0.4) is 0 Å². The Kier molecular flexibility index (Phi) is 9.41. The van der Waals surface area contributed by atoms with Gasteiger partial charge in [0.05, 0.1) is 6.10 Å². The van der Waals surface area contributed by atoms with E-state index in [1.54, 1.807) is 68.1 Å². The van der Waals surface area contributed by atoms with Crippen molar-refractivity contribution in [2.45, 2.75) is 57.8 Å². The van der Waals surface area contributed by atoms with Crippen LogP contribution in [-0.4, -0.2) is 70.9 Å². The third kappa shape index (κ3) is 8.71. The summed E-state index contributed by atoms with van der Waals surface area (Å²) >= 11 is 0. The Bertz CT molecular complexity index is 1090. The van der Waals surface area contributed by atoms with Crippen LogP contribution in [0.1, 0.15) is 44.7 Å². The van der Waals surface area contributed by atoms with E-state index in [9.17, 15) is 19.5 Å². The summed E-state index contributed by atoms with van der Waals surface area (Å²) in [6.07, 6.45) is 1.14. The number of nitrogens with one attached hydrogen (secondary N) is 2. The molecule has 3 rings (SSSR count). The van der Waals surface area contributed by atoms with Crippen LogP contribution >= 0.6 is 0 Å². The van der Waals surface area contributed by atoms with Crippen molar-refractivity contribution in [2.75, 3.05) is 19.7 Å². The van der Waals surface area contributed by atoms with Crippen molar-refractivity contribution >= 4 is 23.5 Å². The number of phenols is 1. The highest BCUT2D eigenvalue weighted by molar-refractivity contribution is 6.44.